The molecule has 0 unspecified atom stereocenters. The van der Waals surface area contributed by atoms with E-state index in [1.807, 2.05) is 6.07 Å². The zero-order valence-corrected chi connectivity index (χ0v) is 30.0. The van der Waals surface area contributed by atoms with Crippen LogP contribution in [-0.2, 0) is 16.6 Å². The highest BCUT2D eigenvalue weighted by Crippen LogP contribution is 2.30. The number of ether oxygens (including phenoxy) is 2. The summed E-state index contributed by atoms with van der Waals surface area (Å²) in [6.45, 7) is 1.57. The van der Waals surface area contributed by atoms with Crippen LogP contribution in [0.5, 0.6) is 17.4 Å². The van der Waals surface area contributed by atoms with E-state index in [-0.39, 0.29) is 44.9 Å². The SMILES string of the molecule is CN(c1ccc(Oc2ccc3cc(C(=O)N4CCN(Cc5ccc(OCC(F)(F)F)cc5)CC4)[nH]c3c2)nc1)S(=O)(=O)c1ccc(Cl)c(Cl)c1.Cl. The molecule has 1 fully saturated rings. The van der Waals surface area contributed by atoms with E-state index in [4.69, 9.17) is 32.7 Å². The summed E-state index contributed by atoms with van der Waals surface area (Å²) in [5, 5.41) is 1.19. The molecule has 51 heavy (non-hydrogen) atoms. The van der Waals surface area contributed by atoms with Crippen molar-refractivity contribution in [2.24, 2.45) is 0 Å². The van der Waals surface area contributed by atoms with E-state index in [1.54, 1.807) is 47.4 Å². The molecule has 3 heterocycles. The molecule has 1 aliphatic rings. The smallest absolute Gasteiger partial charge is 0.422 e. The molecule has 270 valence electrons. The van der Waals surface area contributed by atoms with Crippen LogP contribution in [0.2, 0.25) is 10.0 Å². The summed E-state index contributed by atoms with van der Waals surface area (Å²) in [6, 6.07) is 20.8. The van der Waals surface area contributed by atoms with Gasteiger partial charge in [-0.3, -0.25) is 14.0 Å². The molecule has 1 saturated heterocycles. The largest absolute Gasteiger partial charge is 0.484 e. The third-order valence-electron chi connectivity index (χ3n) is 8.07. The van der Waals surface area contributed by atoms with Gasteiger partial charge in [0, 0.05) is 62.8 Å². The molecule has 10 nitrogen and oxygen atoms in total. The molecule has 0 aliphatic carbocycles. The Hall–Kier alpha value is -4.21. The van der Waals surface area contributed by atoms with Gasteiger partial charge in [-0.2, -0.15) is 13.2 Å². The molecule has 2 aromatic heterocycles. The Balaban J connectivity index is 0.00000504. The fraction of sp³-hybridized carbons (Fsp3) is 0.235. The Bertz CT molecular complexity index is 2110. The summed E-state index contributed by atoms with van der Waals surface area (Å²) in [5.41, 5.74) is 2.37. The number of carbonyl (C=O) groups is 1. The molecule has 6 rings (SSSR count). The maximum absolute atomic E-state index is 13.3. The molecular weight excluding hydrogens is 754 g/mol. The molecule has 0 radical (unpaired) electrons. The van der Waals surface area contributed by atoms with Crippen molar-refractivity contribution in [1.82, 2.24) is 19.8 Å². The topological polar surface area (TPSA) is 108 Å². The Morgan fingerprint density at radius 1 is 0.922 bits per heavy atom. The molecular formula is C34H31Cl3F3N5O5S. The molecule has 1 aliphatic heterocycles. The summed E-state index contributed by atoms with van der Waals surface area (Å²) in [6.07, 6.45) is -3.01. The van der Waals surface area contributed by atoms with Crippen LogP contribution >= 0.6 is 35.6 Å². The maximum Gasteiger partial charge on any atom is 0.422 e. The molecule has 17 heteroatoms. The second kappa shape index (κ2) is 15.6. The summed E-state index contributed by atoms with van der Waals surface area (Å²) in [4.78, 5) is 24.7. The van der Waals surface area contributed by atoms with Gasteiger partial charge < -0.3 is 19.4 Å². The van der Waals surface area contributed by atoms with Crippen LogP contribution in [0.4, 0.5) is 18.9 Å². The minimum Gasteiger partial charge on any atom is -0.484 e. The van der Waals surface area contributed by atoms with Gasteiger partial charge in [-0.25, -0.2) is 13.4 Å². The number of piperazine rings is 1. The minimum absolute atomic E-state index is 0. The van der Waals surface area contributed by atoms with Crippen molar-refractivity contribution < 1.29 is 35.9 Å². The lowest BCUT2D eigenvalue weighted by Crippen LogP contribution is -2.48. The van der Waals surface area contributed by atoms with Crippen molar-refractivity contribution in [1.29, 1.82) is 0 Å². The monoisotopic (exact) mass is 783 g/mol. The molecule has 5 aromatic rings. The number of amides is 1. The van der Waals surface area contributed by atoms with Gasteiger partial charge in [0.15, 0.2) is 6.61 Å². The van der Waals surface area contributed by atoms with Gasteiger partial charge in [0.05, 0.1) is 26.8 Å². The Kier molecular flexibility index (Phi) is 11.6. The predicted octanol–water partition coefficient (Wildman–Crippen LogP) is 7.81. The lowest BCUT2D eigenvalue weighted by atomic mass is 10.2. The second-order valence-electron chi connectivity index (χ2n) is 11.6. The van der Waals surface area contributed by atoms with Gasteiger partial charge in [-0.15, -0.1) is 12.4 Å². The van der Waals surface area contributed by atoms with Crippen LogP contribution < -0.4 is 13.8 Å². The predicted molar refractivity (Wildman–Crippen MR) is 191 cm³/mol. The van der Waals surface area contributed by atoms with Crippen LogP contribution in [0.15, 0.2) is 90.0 Å². The highest BCUT2D eigenvalue weighted by Gasteiger charge is 2.28. The van der Waals surface area contributed by atoms with E-state index >= 15 is 0 Å². The molecule has 1 amide bonds. The van der Waals surface area contributed by atoms with Gasteiger partial charge in [0.2, 0.25) is 5.88 Å². The number of aromatic nitrogens is 2. The lowest BCUT2D eigenvalue weighted by Gasteiger charge is -2.34. The van der Waals surface area contributed by atoms with Gasteiger partial charge in [0.1, 0.15) is 17.2 Å². The first kappa shape index (κ1) is 38.0. The third-order valence-corrected chi connectivity index (χ3v) is 10.6. The van der Waals surface area contributed by atoms with Crippen molar-refractivity contribution in [3.05, 3.63) is 106 Å². The fourth-order valence-corrected chi connectivity index (χ4v) is 6.92. The van der Waals surface area contributed by atoms with Crippen LogP contribution in [-0.4, -0.2) is 80.1 Å². The number of benzene rings is 3. The summed E-state index contributed by atoms with van der Waals surface area (Å²) < 4.78 is 75.1. The van der Waals surface area contributed by atoms with E-state index in [0.717, 1.165) is 15.3 Å². The number of fused-ring (bicyclic) bond motifs is 1. The molecule has 0 saturated carbocycles. The number of alkyl halides is 3. The van der Waals surface area contributed by atoms with Crippen LogP contribution in [0.3, 0.4) is 0 Å². The molecule has 1 N–H and O–H groups in total. The van der Waals surface area contributed by atoms with Crippen LogP contribution in [0, 0.1) is 0 Å². The number of pyridine rings is 1. The fourth-order valence-electron chi connectivity index (χ4n) is 5.35. The summed E-state index contributed by atoms with van der Waals surface area (Å²) >= 11 is 11.9. The second-order valence-corrected chi connectivity index (χ2v) is 14.3. The number of nitrogens with zero attached hydrogens (tertiary/aromatic N) is 4. The zero-order valence-electron chi connectivity index (χ0n) is 26.9. The molecule has 0 bridgehead atoms. The van der Waals surface area contributed by atoms with Gasteiger partial charge in [0.25, 0.3) is 15.9 Å². The molecule has 0 atom stereocenters. The van der Waals surface area contributed by atoms with Gasteiger partial charge in [-0.05, 0) is 60.2 Å². The first-order chi connectivity index (χ1) is 23.7. The first-order valence-electron chi connectivity index (χ1n) is 15.3. The minimum atomic E-state index is -4.39. The molecule has 3 aromatic carbocycles. The highest BCUT2D eigenvalue weighted by molar-refractivity contribution is 7.92. The van der Waals surface area contributed by atoms with E-state index in [1.165, 1.54) is 43.6 Å². The van der Waals surface area contributed by atoms with Crippen molar-refractivity contribution in [2.45, 2.75) is 17.6 Å². The number of nitrogens with one attached hydrogen (secondary N) is 1. The number of hydrogen-bond donors (Lipinski definition) is 1. The third kappa shape index (κ3) is 9.18. The highest BCUT2D eigenvalue weighted by atomic mass is 35.5. The number of hydrogen-bond acceptors (Lipinski definition) is 7. The number of H-pyrrole nitrogens is 1. The van der Waals surface area contributed by atoms with Crippen LogP contribution in [0.25, 0.3) is 10.9 Å². The maximum atomic E-state index is 13.3. The summed E-state index contributed by atoms with van der Waals surface area (Å²) in [5.74, 6) is 0.723. The Morgan fingerprint density at radius 3 is 2.27 bits per heavy atom. The van der Waals surface area contributed by atoms with Gasteiger partial charge >= 0.3 is 6.18 Å². The van der Waals surface area contributed by atoms with E-state index in [2.05, 4.69) is 14.9 Å². The number of anilines is 1. The zero-order chi connectivity index (χ0) is 35.6. The van der Waals surface area contributed by atoms with Crippen molar-refractivity contribution >= 4 is 68.1 Å². The standard InChI is InChI=1S/C34H30Cl2F3N5O5S.ClH/c1-42(50(46,47)27-9-10-28(35)29(36)18-27)24-5-11-32(40-19-24)49-26-8-4-23-16-31(41-30(23)17-26)33(45)44-14-12-43(13-15-44)20-22-2-6-25(7-3-22)48-21-34(37,38)39;/h2-11,16-19,41H,12-15,20-21H2,1H3;1H. The van der Waals surface area contributed by atoms with Crippen molar-refractivity contribution in [3.63, 3.8) is 0 Å². The number of carbonyl (C=O) groups excluding carboxylic acids is 1. The lowest BCUT2D eigenvalue weighted by molar-refractivity contribution is -0.153. The van der Waals surface area contributed by atoms with E-state index in [0.29, 0.717) is 55.4 Å². The first-order valence-corrected chi connectivity index (χ1v) is 17.5. The molecule has 0 spiro atoms. The number of rotatable bonds is 10. The Morgan fingerprint density at radius 2 is 1.63 bits per heavy atom. The van der Waals surface area contributed by atoms with E-state index < -0.39 is 22.8 Å². The quantitative estimate of drug-likeness (QED) is 0.154. The van der Waals surface area contributed by atoms with Gasteiger partial charge in [-0.1, -0.05) is 35.3 Å². The summed E-state index contributed by atoms with van der Waals surface area (Å²) in [7, 11) is -2.52. The number of aromatic amines is 1. The number of sulfonamides is 1. The van der Waals surface area contributed by atoms with E-state index in [9.17, 15) is 26.4 Å². The van der Waals surface area contributed by atoms with Crippen LogP contribution in [0.1, 0.15) is 16.1 Å². The number of halogens is 6. The Labute approximate surface area is 308 Å². The average molecular weight is 785 g/mol. The van der Waals surface area contributed by atoms with Crippen molar-refractivity contribution in [2.75, 3.05) is 44.1 Å². The van der Waals surface area contributed by atoms with Crippen molar-refractivity contribution in [3.8, 4) is 17.4 Å². The normalized spacial score (nSPS) is 13.9. The average Bonchev–Trinajstić information content (AvgIpc) is 3.52.